The van der Waals surface area contributed by atoms with E-state index in [1.807, 2.05) is 6.92 Å². The highest BCUT2D eigenvalue weighted by molar-refractivity contribution is 14.0. The lowest BCUT2D eigenvalue weighted by molar-refractivity contribution is -0.143. The van der Waals surface area contributed by atoms with Crippen molar-refractivity contribution in [2.45, 2.75) is 25.9 Å². The largest absolute Gasteiger partial charge is 0.401 e. The quantitative estimate of drug-likeness (QED) is 0.260. The van der Waals surface area contributed by atoms with Crippen molar-refractivity contribution in [3.63, 3.8) is 0 Å². The van der Waals surface area contributed by atoms with Crippen LogP contribution in [0.1, 0.15) is 18.9 Å². The molecule has 0 spiro atoms. The monoisotopic (exact) mass is 502 g/mol. The molecule has 0 aliphatic carbocycles. The maximum atomic E-state index is 13.6. The minimum absolute atomic E-state index is 0. The fraction of sp³-hybridized carbons (Fsp3) is 0.611. The molecule has 0 amide bonds. The molecule has 0 saturated carbocycles. The SMILES string of the molecule is CCNC(=NCC1CCN(CC(F)(F)F)C1)NCCc1ccccc1F.I. The van der Waals surface area contributed by atoms with Crippen LogP contribution >= 0.6 is 24.0 Å². The number of halogens is 5. The Morgan fingerprint density at radius 2 is 2.00 bits per heavy atom. The van der Waals surface area contributed by atoms with Crippen molar-refractivity contribution in [3.8, 4) is 0 Å². The van der Waals surface area contributed by atoms with E-state index in [4.69, 9.17) is 0 Å². The first-order valence-electron chi connectivity index (χ1n) is 8.92. The summed E-state index contributed by atoms with van der Waals surface area (Å²) in [6.07, 6.45) is -2.91. The lowest BCUT2D eigenvalue weighted by Gasteiger charge is -2.17. The van der Waals surface area contributed by atoms with Crippen LogP contribution in [0.3, 0.4) is 0 Å². The molecule has 1 saturated heterocycles. The van der Waals surface area contributed by atoms with Crippen LogP contribution < -0.4 is 10.6 Å². The molecule has 0 aromatic heterocycles. The van der Waals surface area contributed by atoms with Crippen molar-refractivity contribution >= 4 is 29.9 Å². The molecule has 1 aliphatic heterocycles. The van der Waals surface area contributed by atoms with Crippen LogP contribution in [0.2, 0.25) is 0 Å². The van der Waals surface area contributed by atoms with Gasteiger partial charge in [0.2, 0.25) is 0 Å². The number of benzene rings is 1. The Kier molecular flexibility index (Phi) is 10.4. The van der Waals surface area contributed by atoms with Crippen molar-refractivity contribution in [1.29, 1.82) is 0 Å². The molecule has 4 nitrogen and oxygen atoms in total. The van der Waals surface area contributed by atoms with E-state index in [9.17, 15) is 17.6 Å². The standard InChI is InChI=1S/C18H26F4N4.HI/c1-2-23-17(24-9-7-15-5-3-4-6-16(15)19)25-11-14-8-10-26(12-14)13-18(20,21)22;/h3-6,14H,2,7-13H2,1H3,(H2,23,24,25);1H. The van der Waals surface area contributed by atoms with E-state index in [0.717, 1.165) is 0 Å². The molecule has 0 bridgehead atoms. The zero-order valence-corrected chi connectivity index (χ0v) is 17.7. The van der Waals surface area contributed by atoms with Gasteiger partial charge in [0, 0.05) is 26.2 Å². The second kappa shape index (κ2) is 11.7. The van der Waals surface area contributed by atoms with Gasteiger partial charge in [0.15, 0.2) is 5.96 Å². The average Bonchev–Trinajstić information content (AvgIpc) is 3.00. The Bertz CT molecular complexity index is 595. The van der Waals surface area contributed by atoms with Crippen molar-refractivity contribution in [3.05, 3.63) is 35.6 Å². The van der Waals surface area contributed by atoms with Gasteiger partial charge in [-0.05, 0) is 43.9 Å². The number of nitrogens with zero attached hydrogens (tertiary/aromatic N) is 2. The van der Waals surface area contributed by atoms with Gasteiger partial charge in [-0.1, -0.05) is 18.2 Å². The molecule has 154 valence electrons. The molecule has 2 N–H and O–H groups in total. The molecule has 27 heavy (non-hydrogen) atoms. The first kappa shape index (κ1) is 23.9. The summed E-state index contributed by atoms with van der Waals surface area (Å²) in [5.41, 5.74) is 0.634. The van der Waals surface area contributed by atoms with Crippen LogP contribution in [0.15, 0.2) is 29.3 Å². The molecule has 0 radical (unpaired) electrons. The van der Waals surface area contributed by atoms with E-state index in [1.165, 1.54) is 11.0 Å². The number of aliphatic imine (C=N–C) groups is 1. The smallest absolute Gasteiger partial charge is 0.357 e. The lowest BCUT2D eigenvalue weighted by atomic mass is 10.1. The average molecular weight is 502 g/mol. The van der Waals surface area contributed by atoms with Gasteiger partial charge in [-0.25, -0.2) is 4.39 Å². The van der Waals surface area contributed by atoms with Gasteiger partial charge in [-0.3, -0.25) is 9.89 Å². The van der Waals surface area contributed by atoms with E-state index >= 15 is 0 Å². The first-order chi connectivity index (χ1) is 12.4. The lowest BCUT2D eigenvalue weighted by Crippen LogP contribution is -2.39. The van der Waals surface area contributed by atoms with Crippen molar-refractivity contribution < 1.29 is 17.6 Å². The van der Waals surface area contributed by atoms with Gasteiger partial charge in [0.25, 0.3) is 0 Å². The topological polar surface area (TPSA) is 39.7 Å². The van der Waals surface area contributed by atoms with Crippen molar-refractivity contribution in [1.82, 2.24) is 15.5 Å². The molecular weight excluding hydrogens is 475 g/mol. The molecule has 1 aromatic rings. The molecule has 1 unspecified atom stereocenters. The predicted octanol–water partition coefficient (Wildman–Crippen LogP) is 3.43. The summed E-state index contributed by atoms with van der Waals surface area (Å²) in [5.74, 6) is 0.504. The van der Waals surface area contributed by atoms with E-state index < -0.39 is 12.7 Å². The van der Waals surface area contributed by atoms with Crippen LogP contribution in [0.5, 0.6) is 0 Å². The molecule has 1 atom stereocenters. The second-order valence-electron chi connectivity index (χ2n) is 6.49. The predicted molar refractivity (Wildman–Crippen MR) is 110 cm³/mol. The fourth-order valence-corrected chi connectivity index (χ4v) is 3.04. The van der Waals surface area contributed by atoms with Gasteiger partial charge < -0.3 is 10.6 Å². The zero-order valence-electron chi connectivity index (χ0n) is 15.4. The number of hydrogen-bond acceptors (Lipinski definition) is 2. The number of guanidine groups is 1. The number of alkyl halides is 3. The summed E-state index contributed by atoms with van der Waals surface area (Å²) in [6.45, 7) is 3.63. The number of nitrogens with one attached hydrogen (secondary N) is 2. The minimum atomic E-state index is -4.15. The Morgan fingerprint density at radius 1 is 1.26 bits per heavy atom. The summed E-state index contributed by atoms with van der Waals surface area (Å²) >= 11 is 0. The van der Waals surface area contributed by atoms with Crippen LogP contribution in [-0.4, -0.2) is 56.3 Å². The first-order valence-corrected chi connectivity index (χ1v) is 8.92. The summed E-state index contributed by atoms with van der Waals surface area (Å²) < 4.78 is 50.9. The van der Waals surface area contributed by atoms with Crippen molar-refractivity contribution in [2.24, 2.45) is 10.9 Å². The highest BCUT2D eigenvalue weighted by Gasteiger charge is 2.34. The number of hydrogen-bond donors (Lipinski definition) is 2. The summed E-state index contributed by atoms with van der Waals surface area (Å²) in [4.78, 5) is 5.90. The van der Waals surface area contributed by atoms with Crippen LogP contribution in [-0.2, 0) is 6.42 Å². The van der Waals surface area contributed by atoms with E-state index in [0.29, 0.717) is 57.1 Å². The van der Waals surface area contributed by atoms with Crippen LogP contribution in [0.4, 0.5) is 17.6 Å². The highest BCUT2D eigenvalue weighted by atomic mass is 127. The third-order valence-corrected chi connectivity index (χ3v) is 4.27. The minimum Gasteiger partial charge on any atom is -0.357 e. The zero-order chi connectivity index (χ0) is 19.0. The summed E-state index contributed by atoms with van der Waals surface area (Å²) in [5, 5.41) is 6.26. The number of likely N-dealkylation sites (tertiary alicyclic amines) is 1. The van der Waals surface area contributed by atoms with E-state index in [1.54, 1.807) is 18.2 Å². The van der Waals surface area contributed by atoms with Gasteiger partial charge in [0.05, 0.1) is 6.54 Å². The van der Waals surface area contributed by atoms with E-state index in [-0.39, 0.29) is 35.7 Å². The molecular formula is C18H27F4IN4. The summed E-state index contributed by atoms with van der Waals surface area (Å²) in [7, 11) is 0. The fourth-order valence-electron chi connectivity index (χ4n) is 3.04. The molecule has 1 aliphatic rings. The Balaban J connectivity index is 0.00000364. The third-order valence-electron chi connectivity index (χ3n) is 4.27. The maximum Gasteiger partial charge on any atom is 0.401 e. The Labute approximate surface area is 174 Å². The second-order valence-corrected chi connectivity index (χ2v) is 6.49. The Morgan fingerprint density at radius 3 is 2.67 bits per heavy atom. The normalized spacial score (nSPS) is 18.3. The molecule has 1 fully saturated rings. The van der Waals surface area contributed by atoms with Gasteiger partial charge >= 0.3 is 6.18 Å². The van der Waals surface area contributed by atoms with Crippen LogP contribution in [0.25, 0.3) is 0 Å². The molecule has 1 aromatic carbocycles. The molecule has 1 heterocycles. The third kappa shape index (κ3) is 9.09. The molecule has 2 rings (SSSR count). The van der Waals surface area contributed by atoms with Crippen molar-refractivity contribution in [2.75, 3.05) is 39.3 Å². The highest BCUT2D eigenvalue weighted by Crippen LogP contribution is 2.22. The van der Waals surface area contributed by atoms with Gasteiger partial charge in [-0.2, -0.15) is 13.2 Å². The molecule has 9 heteroatoms. The number of rotatable bonds is 7. The Hall–Kier alpha value is -1.10. The van der Waals surface area contributed by atoms with Crippen LogP contribution in [0, 0.1) is 11.7 Å². The van der Waals surface area contributed by atoms with E-state index in [2.05, 4.69) is 15.6 Å². The van der Waals surface area contributed by atoms with Gasteiger partial charge in [0.1, 0.15) is 5.82 Å². The summed E-state index contributed by atoms with van der Waals surface area (Å²) in [6, 6.07) is 6.63. The van der Waals surface area contributed by atoms with Gasteiger partial charge in [-0.15, -0.1) is 24.0 Å². The maximum absolute atomic E-state index is 13.6.